The van der Waals surface area contributed by atoms with Crippen molar-refractivity contribution in [2.75, 3.05) is 7.11 Å². The number of ether oxygens (including phenoxy) is 1. The average Bonchev–Trinajstić information content (AvgIpc) is 2.58. The van der Waals surface area contributed by atoms with Crippen LogP contribution in [0.5, 0.6) is 17.2 Å². The van der Waals surface area contributed by atoms with Gasteiger partial charge in [0.2, 0.25) is 0 Å². The monoisotopic (exact) mass is 338 g/mol. The molecule has 0 fully saturated rings. The molecule has 0 amide bonds. The van der Waals surface area contributed by atoms with Gasteiger partial charge in [-0.25, -0.2) is 0 Å². The fourth-order valence-electron chi connectivity index (χ4n) is 2.11. The zero-order valence-corrected chi connectivity index (χ0v) is 13.7. The number of rotatable bonds is 7. The Morgan fingerprint density at radius 1 is 0.960 bits per heavy atom. The second kappa shape index (κ2) is 8.49. The van der Waals surface area contributed by atoms with Crippen molar-refractivity contribution in [3.8, 4) is 17.2 Å². The summed E-state index contributed by atoms with van der Waals surface area (Å²) in [4.78, 5) is 23.6. The van der Waals surface area contributed by atoms with Gasteiger partial charge in [-0.15, -0.1) is 0 Å². The van der Waals surface area contributed by atoms with Crippen LogP contribution in [-0.2, 0) is 9.59 Å². The van der Waals surface area contributed by atoms with Crippen LogP contribution in [0.4, 0.5) is 0 Å². The summed E-state index contributed by atoms with van der Waals surface area (Å²) in [6, 6.07) is 11.2. The van der Waals surface area contributed by atoms with Gasteiger partial charge in [0.25, 0.3) is 0 Å². The number of carbonyl (C=O) groups excluding carboxylic acids is 2. The SMILES string of the molecule is COc1ccc(/C=C/C(=O)CC(=O)/C=C/c2cccc(O)c2)cc1O. The molecule has 5 nitrogen and oxygen atoms in total. The Bertz CT molecular complexity index is 834. The minimum Gasteiger partial charge on any atom is -0.508 e. The van der Waals surface area contributed by atoms with Crippen molar-refractivity contribution in [3.05, 3.63) is 65.7 Å². The van der Waals surface area contributed by atoms with Gasteiger partial charge >= 0.3 is 0 Å². The summed E-state index contributed by atoms with van der Waals surface area (Å²) in [5.74, 6) is -0.259. The highest BCUT2D eigenvalue weighted by molar-refractivity contribution is 6.10. The molecule has 0 heterocycles. The number of aromatic hydroxyl groups is 2. The van der Waals surface area contributed by atoms with Crippen LogP contribution in [0.1, 0.15) is 17.5 Å². The fraction of sp³-hybridized carbons (Fsp3) is 0.100. The molecule has 0 spiro atoms. The predicted molar refractivity (Wildman–Crippen MR) is 95.5 cm³/mol. The van der Waals surface area contributed by atoms with Crippen molar-refractivity contribution in [2.24, 2.45) is 0 Å². The largest absolute Gasteiger partial charge is 0.508 e. The van der Waals surface area contributed by atoms with E-state index in [9.17, 15) is 19.8 Å². The molecule has 0 unspecified atom stereocenters. The van der Waals surface area contributed by atoms with E-state index in [0.29, 0.717) is 16.9 Å². The molecular weight excluding hydrogens is 320 g/mol. The Kier molecular flexibility index (Phi) is 6.12. The zero-order valence-electron chi connectivity index (χ0n) is 13.7. The van der Waals surface area contributed by atoms with Gasteiger partial charge in [-0.05, 0) is 47.5 Å². The van der Waals surface area contributed by atoms with Gasteiger partial charge in [-0.2, -0.15) is 0 Å². The van der Waals surface area contributed by atoms with E-state index in [0.717, 1.165) is 0 Å². The van der Waals surface area contributed by atoms with E-state index in [1.54, 1.807) is 30.3 Å². The van der Waals surface area contributed by atoms with Crippen molar-refractivity contribution < 1.29 is 24.5 Å². The molecule has 2 rings (SSSR count). The van der Waals surface area contributed by atoms with Gasteiger partial charge in [0.1, 0.15) is 5.75 Å². The van der Waals surface area contributed by atoms with Crippen LogP contribution in [-0.4, -0.2) is 28.9 Å². The van der Waals surface area contributed by atoms with E-state index in [1.807, 2.05) is 0 Å². The number of ketones is 2. The van der Waals surface area contributed by atoms with Gasteiger partial charge in [0.05, 0.1) is 13.5 Å². The normalized spacial score (nSPS) is 11.1. The molecule has 0 saturated carbocycles. The summed E-state index contributed by atoms with van der Waals surface area (Å²) < 4.78 is 4.94. The number of phenols is 2. The molecule has 2 aromatic rings. The number of phenolic OH excluding ortho intramolecular Hbond substituents is 2. The number of hydrogen-bond donors (Lipinski definition) is 2. The van der Waals surface area contributed by atoms with Crippen molar-refractivity contribution >= 4 is 23.7 Å². The summed E-state index contributed by atoms with van der Waals surface area (Å²) >= 11 is 0. The van der Waals surface area contributed by atoms with E-state index in [4.69, 9.17) is 4.74 Å². The topological polar surface area (TPSA) is 83.8 Å². The lowest BCUT2D eigenvalue weighted by Crippen LogP contribution is -2.01. The first kappa shape index (κ1) is 18.0. The predicted octanol–water partition coefficient (Wildman–Crippen LogP) is 3.36. The summed E-state index contributed by atoms with van der Waals surface area (Å²) in [6.45, 7) is 0. The maximum atomic E-state index is 11.8. The van der Waals surface area contributed by atoms with Gasteiger partial charge in [-0.1, -0.05) is 30.4 Å². The van der Waals surface area contributed by atoms with Gasteiger partial charge < -0.3 is 14.9 Å². The van der Waals surface area contributed by atoms with Gasteiger partial charge in [-0.3, -0.25) is 9.59 Å². The molecule has 0 aliphatic carbocycles. The fourth-order valence-corrected chi connectivity index (χ4v) is 2.11. The summed E-state index contributed by atoms with van der Waals surface area (Å²) in [5, 5.41) is 19.0. The molecule has 25 heavy (non-hydrogen) atoms. The first-order valence-electron chi connectivity index (χ1n) is 7.56. The molecule has 0 atom stereocenters. The van der Waals surface area contributed by atoms with Gasteiger partial charge in [0, 0.05) is 0 Å². The van der Waals surface area contributed by atoms with Crippen LogP contribution in [0.3, 0.4) is 0 Å². The summed E-state index contributed by atoms with van der Waals surface area (Å²) in [6.07, 6.45) is 5.41. The highest BCUT2D eigenvalue weighted by Crippen LogP contribution is 2.26. The Balaban J connectivity index is 1.93. The molecule has 0 bridgehead atoms. The van der Waals surface area contributed by atoms with Crippen molar-refractivity contribution in [1.29, 1.82) is 0 Å². The smallest absolute Gasteiger partial charge is 0.163 e. The van der Waals surface area contributed by atoms with Crippen LogP contribution >= 0.6 is 0 Å². The molecule has 0 saturated heterocycles. The standard InChI is InChI=1S/C20H18O5/c1-25-20-10-7-15(12-19(20)24)6-9-18(23)13-17(22)8-5-14-3-2-4-16(21)11-14/h2-12,21,24H,13H2,1H3/b8-5+,9-6+. The minimum atomic E-state index is -0.346. The molecule has 5 heteroatoms. The highest BCUT2D eigenvalue weighted by atomic mass is 16.5. The molecule has 0 aliphatic rings. The van der Waals surface area contributed by atoms with E-state index in [2.05, 4.69) is 0 Å². The Morgan fingerprint density at radius 3 is 2.16 bits per heavy atom. The minimum absolute atomic E-state index is 0.0257. The van der Waals surface area contributed by atoms with Crippen LogP contribution in [0.25, 0.3) is 12.2 Å². The van der Waals surface area contributed by atoms with Crippen LogP contribution < -0.4 is 4.74 Å². The third-order valence-electron chi connectivity index (χ3n) is 3.34. The number of methoxy groups -OCH3 is 1. The zero-order chi connectivity index (χ0) is 18.2. The number of allylic oxidation sites excluding steroid dienone is 2. The average molecular weight is 338 g/mol. The second-order valence-corrected chi connectivity index (χ2v) is 5.30. The molecule has 2 aromatic carbocycles. The highest BCUT2D eigenvalue weighted by Gasteiger charge is 2.05. The van der Waals surface area contributed by atoms with E-state index in [-0.39, 0.29) is 29.5 Å². The van der Waals surface area contributed by atoms with Crippen molar-refractivity contribution in [3.63, 3.8) is 0 Å². The van der Waals surface area contributed by atoms with Crippen LogP contribution in [0.15, 0.2) is 54.6 Å². The van der Waals surface area contributed by atoms with Crippen LogP contribution in [0, 0.1) is 0 Å². The second-order valence-electron chi connectivity index (χ2n) is 5.30. The molecule has 0 aromatic heterocycles. The molecule has 2 N–H and O–H groups in total. The quantitative estimate of drug-likeness (QED) is 0.597. The van der Waals surface area contributed by atoms with Crippen molar-refractivity contribution in [1.82, 2.24) is 0 Å². The van der Waals surface area contributed by atoms with E-state index < -0.39 is 0 Å². The lowest BCUT2D eigenvalue weighted by molar-refractivity contribution is -0.121. The Morgan fingerprint density at radius 2 is 1.60 bits per heavy atom. The Hall–Kier alpha value is -3.34. The van der Waals surface area contributed by atoms with Gasteiger partial charge in [0.15, 0.2) is 23.1 Å². The first-order valence-corrected chi connectivity index (χ1v) is 7.56. The van der Waals surface area contributed by atoms with E-state index in [1.165, 1.54) is 43.5 Å². The lowest BCUT2D eigenvalue weighted by Gasteiger charge is -2.03. The molecule has 0 radical (unpaired) electrons. The summed E-state index contributed by atoms with van der Waals surface area (Å²) in [5.41, 5.74) is 1.29. The third-order valence-corrected chi connectivity index (χ3v) is 3.34. The maximum absolute atomic E-state index is 11.8. The maximum Gasteiger partial charge on any atom is 0.163 e. The van der Waals surface area contributed by atoms with Crippen LogP contribution in [0.2, 0.25) is 0 Å². The summed E-state index contributed by atoms with van der Waals surface area (Å²) in [7, 11) is 1.45. The number of carbonyl (C=O) groups is 2. The van der Waals surface area contributed by atoms with Crippen molar-refractivity contribution in [2.45, 2.75) is 6.42 Å². The van der Waals surface area contributed by atoms with E-state index >= 15 is 0 Å². The third kappa shape index (κ3) is 5.66. The molecular formula is C20H18O5. The molecule has 0 aliphatic heterocycles. The number of hydrogen-bond acceptors (Lipinski definition) is 5. The first-order chi connectivity index (χ1) is 12.0. The Labute approximate surface area is 145 Å². The number of benzene rings is 2. The lowest BCUT2D eigenvalue weighted by atomic mass is 10.1. The molecule has 128 valence electrons.